The van der Waals surface area contributed by atoms with Gasteiger partial charge in [0.25, 0.3) is 0 Å². The molecule has 0 N–H and O–H groups in total. The molecule has 2 rings (SSSR count). The van der Waals surface area contributed by atoms with Crippen molar-refractivity contribution in [3.8, 4) is 22.6 Å². The van der Waals surface area contributed by atoms with E-state index in [0.29, 0.717) is 11.3 Å². The minimum atomic E-state index is -0.381. The number of rotatable bonds is 2. The van der Waals surface area contributed by atoms with Crippen LogP contribution in [0.15, 0.2) is 12.1 Å². The van der Waals surface area contributed by atoms with E-state index in [9.17, 15) is 9.90 Å². The molecule has 0 aliphatic carbocycles. The Morgan fingerprint density at radius 2 is 1.19 bits per heavy atom. The number of hydrogen-bond donors (Lipinski definition) is 0. The van der Waals surface area contributed by atoms with E-state index in [0.717, 1.165) is 38.9 Å². The summed E-state index contributed by atoms with van der Waals surface area (Å²) < 4.78 is 5.79. The number of carbonyl (C=O) groups excluding carboxylic acids is 1. The number of esters is 1. The summed E-state index contributed by atoms with van der Waals surface area (Å²) in [6.07, 6.45) is 0. The number of carbonyl (C=O) groups is 1. The number of aryl methyl sites for hydroxylation is 2. The van der Waals surface area contributed by atoms with Crippen molar-refractivity contribution in [1.82, 2.24) is 0 Å². The molecule has 0 aliphatic heterocycles. The van der Waals surface area contributed by atoms with E-state index in [4.69, 9.17) is 4.74 Å². The molecule has 2 aromatic carbocycles. The van der Waals surface area contributed by atoms with E-state index in [-0.39, 0.29) is 58.0 Å². The third-order valence-corrected chi connectivity index (χ3v) is 5.71. The fourth-order valence-electron chi connectivity index (χ4n) is 3.75. The Hall–Kier alpha value is -1.23. The van der Waals surface area contributed by atoms with Crippen molar-refractivity contribution in [2.75, 3.05) is 0 Å². The molecular weight excluding hydrogens is 420 g/mol. The Morgan fingerprint density at radius 3 is 1.58 bits per heavy atom. The Balaban J connectivity index is 0.00000450. The second-order valence-electron chi connectivity index (χ2n) is 10.2. The van der Waals surface area contributed by atoms with E-state index in [2.05, 4.69) is 47.6 Å². The number of ether oxygens (including phenoxy) is 1. The van der Waals surface area contributed by atoms with Gasteiger partial charge in [0.1, 0.15) is 5.75 Å². The molecule has 0 fully saturated rings. The summed E-state index contributed by atoms with van der Waals surface area (Å²) in [6.45, 7) is 21.9. The first kappa shape index (κ1) is 29.8. The van der Waals surface area contributed by atoms with Gasteiger partial charge in [0.05, 0.1) is 0 Å². The predicted octanol–water partition coefficient (Wildman–Crippen LogP) is 2.80. The van der Waals surface area contributed by atoms with Crippen LogP contribution in [0.25, 0.3) is 11.1 Å². The molecule has 31 heavy (non-hydrogen) atoms. The molecule has 166 valence electrons. The second kappa shape index (κ2) is 10.1. The first-order valence-corrected chi connectivity index (χ1v) is 10.2. The molecule has 0 amide bonds. The third-order valence-electron chi connectivity index (χ3n) is 5.71. The number of hydrogen-bond acceptors (Lipinski definition) is 3. The SMILES string of the molecule is CC(=O)Oc1c(C(C)(C)C)cc(C)c(C)c1-c1c(C)c(C)cc(C(C)(C)C)c1[O-].[Cl-].[Mg+2]. The predicted molar refractivity (Wildman–Crippen MR) is 125 cm³/mol. The van der Waals surface area contributed by atoms with Crippen LogP contribution in [0.1, 0.15) is 81.8 Å². The topological polar surface area (TPSA) is 49.4 Å². The molecule has 0 aromatic heterocycles. The third kappa shape index (κ3) is 5.97. The molecule has 2 aromatic rings. The molecule has 0 radical (unpaired) electrons. The summed E-state index contributed by atoms with van der Waals surface area (Å²) >= 11 is 0. The van der Waals surface area contributed by atoms with E-state index in [1.807, 2.05) is 33.8 Å². The minimum absolute atomic E-state index is 0. The van der Waals surface area contributed by atoms with Gasteiger partial charge in [0.15, 0.2) is 0 Å². The van der Waals surface area contributed by atoms with Gasteiger partial charge < -0.3 is 22.3 Å². The summed E-state index contributed by atoms with van der Waals surface area (Å²) in [4.78, 5) is 12.0. The Kier molecular flexibility index (Phi) is 9.74. The zero-order valence-electron chi connectivity index (χ0n) is 21.0. The first-order chi connectivity index (χ1) is 13.1. The van der Waals surface area contributed by atoms with Crippen LogP contribution in [-0.4, -0.2) is 29.0 Å². The van der Waals surface area contributed by atoms with Crippen LogP contribution < -0.4 is 22.3 Å². The molecular formula is C26H35ClMgO3. The van der Waals surface area contributed by atoms with Crippen LogP contribution in [0.4, 0.5) is 0 Å². The maximum absolute atomic E-state index is 13.7. The molecule has 0 spiro atoms. The monoisotopic (exact) mass is 454 g/mol. The second-order valence-corrected chi connectivity index (χ2v) is 10.2. The maximum atomic E-state index is 13.7. The van der Waals surface area contributed by atoms with Gasteiger partial charge in [0.2, 0.25) is 0 Å². The van der Waals surface area contributed by atoms with E-state index in [1.165, 1.54) is 6.92 Å². The van der Waals surface area contributed by atoms with Gasteiger partial charge in [-0.2, -0.15) is 0 Å². The van der Waals surface area contributed by atoms with Crippen molar-refractivity contribution in [1.29, 1.82) is 0 Å². The van der Waals surface area contributed by atoms with Crippen molar-refractivity contribution < 1.29 is 27.0 Å². The Bertz CT molecular complexity index is 980. The van der Waals surface area contributed by atoms with Crippen molar-refractivity contribution in [3.63, 3.8) is 0 Å². The zero-order valence-corrected chi connectivity index (χ0v) is 23.1. The van der Waals surface area contributed by atoms with Crippen LogP contribution in [0, 0.1) is 27.7 Å². The van der Waals surface area contributed by atoms with Gasteiger partial charge in [0, 0.05) is 18.1 Å². The maximum Gasteiger partial charge on any atom is 2.00 e. The molecule has 0 unspecified atom stereocenters. The Labute approximate surface area is 210 Å². The summed E-state index contributed by atoms with van der Waals surface area (Å²) in [5.74, 6) is 0.148. The average molecular weight is 455 g/mol. The van der Waals surface area contributed by atoms with E-state index in [1.54, 1.807) is 0 Å². The van der Waals surface area contributed by atoms with Crippen LogP contribution in [0.3, 0.4) is 0 Å². The van der Waals surface area contributed by atoms with Crippen molar-refractivity contribution in [2.45, 2.75) is 87.0 Å². The fourth-order valence-corrected chi connectivity index (χ4v) is 3.75. The van der Waals surface area contributed by atoms with Crippen molar-refractivity contribution >= 4 is 29.0 Å². The van der Waals surface area contributed by atoms with Crippen LogP contribution >= 0.6 is 0 Å². The summed E-state index contributed by atoms with van der Waals surface area (Å²) in [5.41, 5.74) is 6.65. The molecule has 5 heteroatoms. The first-order valence-electron chi connectivity index (χ1n) is 10.2. The fraction of sp³-hybridized carbons (Fsp3) is 0.500. The van der Waals surface area contributed by atoms with E-state index >= 15 is 0 Å². The smallest absolute Gasteiger partial charge is 1.00 e. The molecule has 3 nitrogen and oxygen atoms in total. The summed E-state index contributed by atoms with van der Waals surface area (Å²) in [7, 11) is 0. The molecule has 0 atom stereocenters. The largest absolute Gasteiger partial charge is 2.00 e. The molecule has 0 saturated heterocycles. The summed E-state index contributed by atoms with van der Waals surface area (Å²) in [6, 6.07) is 4.08. The van der Waals surface area contributed by atoms with Gasteiger partial charge in [-0.05, 0) is 71.9 Å². The van der Waals surface area contributed by atoms with Crippen molar-refractivity contribution in [3.05, 3.63) is 45.5 Å². The van der Waals surface area contributed by atoms with Crippen LogP contribution in [0.2, 0.25) is 0 Å². The average Bonchev–Trinajstić information content (AvgIpc) is 2.54. The Morgan fingerprint density at radius 1 is 0.806 bits per heavy atom. The van der Waals surface area contributed by atoms with E-state index < -0.39 is 0 Å². The standard InChI is InChI=1S/C26H36O3.ClH.Mg/c1-14-12-19(25(6,7)8)23(28)21(16(14)3)22-17(4)15(2)13-20(26(9,10)11)24(22)29-18(5)27;;/h12-13,28H,1-11H3;1H;/q;;+2/p-2. The molecule has 0 bridgehead atoms. The molecule has 0 heterocycles. The van der Waals surface area contributed by atoms with Crippen LogP contribution in [-0.2, 0) is 15.6 Å². The summed E-state index contributed by atoms with van der Waals surface area (Å²) in [5, 5.41) is 13.7. The molecule has 0 saturated carbocycles. The minimum Gasteiger partial charge on any atom is -1.00 e. The number of halogens is 1. The zero-order chi connectivity index (χ0) is 22.5. The quantitative estimate of drug-likeness (QED) is 0.398. The number of benzene rings is 2. The van der Waals surface area contributed by atoms with Crippen LogP contribution in [0.5, 0.6) is 11.5 Å². The van der Waals surface area contributed by atoms with Gasteiger partial charge >= 0.3 is 29.0 Å². The van der Waals surface area contributed by atoms with Crippen molar-refractivity contribution in [2.24, 2.45) is 0 Å². The van der Waals surface area contributed by atoms with Gasteiger partial charge in [-0.1, -0.05) is 59.4 Å². The van der Waals surface area contributed by atoms with Gasteiger partial charge in [-0.3, -0.25) is 4.79 Å². The van der Waals surface area contributed by atoms with Gasteiger partial charge in [-0.25, -0.2) is 0 Å². The normalized spacial score (nSPS) is 11.5. The van der Waals surface area contributed by atoms with Gasteiger partial charge in [-0.15, -0.1) is 0 Å². The molecule has 0 aliphatic rings.